The van der Waals surface area contributed by atoms with Crippen molar-refractivity contribution in [3.63, 3.8) is 0 Å². The highest BCUT2D eigenvalue weighted by Crippen LogP contribution is 2.13. The molecule has 3 rings (SSSR count). The Balaban J connectivity index is 2.05. The summed E-state index contributed by atoms with van der Waals surface area (Å²) in [7, 11) is 0. The third kappa shape index (κ3) is 3.81. The smallest absolute Gasteiger partial charge is 0.322 e. The number of halogens is 1. The molecule has 0 fully saturated rings. The summed E-state index contributed by atoms with van der Waals surface area (Å²) in [5.74, 6) is -1.04. The van der Waals surface area contributed by atoms with E-state index in [1.165, 1.54) is 22.8 Å². The summed E-state index contributed by atoms with van der Waals surface area (Å²) in [5, 5.41) is 2.82. The molecule has 0 unspecified atom stereocenters. The zero-order chi connectivity index (χ0) is 19.6. The molecular weight excluding hydrogens is 349 g/mol. The van der Waals surface area contributed by atoms with Crippen molar-refractivity contribution in [1.82, 2.24) is 9.13 Å². The van der Waals surface area contributed by atoms with Gasteiger partial charge in [-0.05, 0) is 30.2 Å². The number of benzene rings is 2. The topological polar surface area (TPSA) is 73.1 Å². The number of carbonyl (C=O) groups excluding carboxylic acids is 1. The zero-order valence-electron chi connectivity index (χ0n) is 15.1. The Labute approximate surface area is 154 Å². The van der Waals surface area contributed by atoms with Crippen LogP contribution in [-0.4, -0.2) is 15.0 Å². The SMILES string of the molecule is CC(C)Cn1c(=O)c2ccccc2n(CC(=O)Nc2ccccc2F)c1=O. The molecule has 7 heteroatoms. The minimum absolute atomic E-state index is 0.0374. The van der Waals surface area contributed by atoms with Crippen LogP contribution in [0.15, 0.2) is 58.1 Å². The quantitative estimate of drug-likeness (QED) is 0.751. The summed E-state index contributed by atoms with van der Waals surface area (Å²) >= 11 is 0. The van der Waals surface area contributed by atoms with Gasteiger partial charge < -0.3 is 5.32 Å². The number of hydrogen-bond acceptors (Lipinski definition) is 3. The minimum Gasteiger partial charge on any atom is -0.322 e. The molecule has 1 N–H and O–H groups in total. The largest absolute Gasteiger partial charge is 0.331 e. The van der Waals surface area contributed by atoms with Gasteiger partial charge in [-0.3, -0.25) is 18.7 Å². The molecule has 3 aromatic rings. The van der Waals surface area contributed by atoms with Gasteiger partial charge in [0, 0.05) is 6.54 Å². The van der Waals surface area contributed by atoms with Crippen molar-refractivity contribution < 1.29 is 9.18 Å². The van der Waals surface area contributed by atoms with Gasteiger partial charge in [0.1, 0.15) is 12.4 Å². The van der Waals surface area contributed by atoms with E-state index < -0.39 is 17.4 Å². The summed E-state index contributed by atoms with van der Waals surface area (Å²) in [5.41, 5.74) is -0.530. The minimum atomic E-state index is -0.562. The van der Waals surface area contributed by atoms with E-state index in [1.807, 2.05) is 13.8 Å². The lowest BCUT2D eigenvalue weighted by molar-refractivity contribution is -0.116. The van der Waals surface area contributed by atoms with Gasteiger partial charge in [0.05, 0.1) is 16.6 Å². The van der Waals surface area contributed by atoms with E-state index in [0.29, 0.717) is 10.9 Å². The number of nitrogens with zero attached hydrogens (tertiary/aromatic N) is 2. The summed E-state index contributed by atoms with van der Waals surface area (Å²) in [4.78, 5) is 37.9. The molecule has 0 aliphatic heterocycles. The second-order valence-corrected chi connectivity index (χ2v) is 6.72. The van der Waals surface area contributed by atoms with E-state index in [2.05, 4.69) is 5.32 Å². The molecule has 0 saturated carbocycles. The molecule has 0 saturated heterocycles. The Hall–Kier alpha value is -3.22. The second kappa shape index (κ2) is 7.57. The van der Waals surface area contributed by atoms with Crippen LogP contribution in [0.5, 0.6) is 0 Å². The van der Waals surface area contributed by atoms with Crippen molar-refractivity contribution in [2.75, 3.05) is 5.32 Å². The Morgan fingerprint density at radius 3 is 2.41 bits per heavy atom. The molecule has 0 atom stereocenters. The van der Waals surface area contributed by atoms with Crippen molar-refractivity contribution in [1.29, 1.82) is 0 Å². The van der Waals surface area contributed by atoms with E-state index in [1.54, 1.807) is 30.3 Å². The standard InChI is InChI=1S/C20H20FN3O3/c1-13(2)11-24-19(26)14-7-3-6-10-17(14)23(20(24)27)12-18(25)22-16-9-5-4-8-15(16)21/h3-10,13H,11-12H2,1-2H3,(H,22,25). The Morgan fingerprint density at radius 2 is 1.70 bits per heavy atom. The van der Waals surface area contributed by atoms with Gasteiger partial charge in [0.2, 0.25) is 5.91 Å². The van der Waals surface area contributed by atoms with Crippen molar-refractivity contribution in [3.05, 3.63) is 75.2 Å². The number of amides is 1. The number of nitrogens with one attached hydrogen (secondary N) is 1. The van der Waals surface area contributed by atoms with E-state index in [9.17, 15) is 18.8 Å². The summed E-state index contributed by atoms with van der Waals surface area (Å²) < 4.78 is 16.1. The highest BCUT2D eigenvalue weighted by Gasteiger charge is 2.16. The fraction of sp³-hybridized carbons (Fsp3) is 0.250. The molecule has 1 aromatic heterocycles. The number of carbonyl (C=O) groups is 1. The third-order valence-corrected chi connectivity index (χ3v) is 4.13. The van der Waals surface area contributed by atoms with Gasteiger partial charge in [-0.2, -0.15) is 0 Å². The van der Waals surface area contributed by atoms with Crippen LogP contribution in [0.25, 0.3) is 10.9 Å². The maximum Gasteiger partial charge on any atom is 0.331 e. The number of hydrogen-bond donors (Lipinski definition) is 1. The first-order chi connectivity index (χ1) is 12.9. The van der Waals surface area contributed by atoms with Crippen LogP contribution in [0.3, 0.4) is 0 Å². The highest BCUT2D eigenvalue weighted by molar-refractivity contribution is 5.91. The molecule has 0 aliphatic carbocycles. The number of anilines is 1. The molecule has 1 amide bonds. The molecule has 140 valence electrons. The number of fused-ring (bicyclic) bond motifs is 1. The third-order valence-electron chi connectivity index (χ3n) is 4.13. The molecule has 1 heterocycles. The predicted octanol–water partition coefficient (Wildman–Crippen LogP) is 2.60. The van der Waals surface area contributed by atoms with E-state index in [4.69, 9.17) is 0 Å². The van der Waals surface area contributed by atoms with Crippen LogP contribution in [-0.2, 0) is 17.9 Å². The molecule has 0 bridgehead atoms. The van der Waals surface area contributed by atoms with Crippen LogP contribution in [0, 0.1) is 11.7 Å². The predicted molar refractivity (Wildman–Crippen MR) is 102 cm³/mol. The fourth-order valence-electron chi connectivity index (χ4n) is 2.95. The fourth-order valence-corrected chi connectivity index (χ4v) is 2.95. The molecule has 27 heavy (non-hydrogen) atoms. The van der Waals surface area contributed by atoms with Gasteiger partial charge >= 0.3 is 5.69 Å². The van der Waals surface area contributed by atoms with Gasteiger partial charge in [-0.25, -0.2) is 9.18 Å². The number of rotatable bonds is 5. The molecule has 2 aromatic carbocycles. The normalized spacial score (nSPS) is 11.1. The lowest BCUT2D eigenvalue weighted by Crippen LogP contribution is -2.42. The van der Waals surface area contributed by atoms with Crippen molar-refractivity contribution in [3.8, 4) is 0 Å². The van der Waals surface area contributed by atoms with Crippen molar-refractivity contribution >= 4 is 22.5 Å². The van der Waals surface area contributed by atoms with Gasteiger partial charge in [-0.1, -0.05) is 38.1 Å². The summed E-state index contributed by atoms with van der Waals surface area (Å²) in [6.45, 7) is 3.72. The average Bonchev–Trinajstić information content (AvgIpc) is 2.64. The van der Waals surface area contributed by atoms with E-state index in [-0.39, 0.29) is 30.3 Å². The van der Waals surface area contributed by atoms with Crippen molar-refractivity contribution in [2.24, 2.45) is 5.92 Å². The van der Waals surface area contributed by atoms with Crippen LogP contribution in [0.4, 0.5) is 10.1 Å². The van der Waals surface area contributed by atoms with Gasteiger partial charge in [0.25, 0.3) is 5.56 Å². The van der Waals surface area contributed by atoms with Crippen LogP contribution < -0.4 is 16.6 Å². The first-order valence-corrected chi connectivity index (χ1v) is 8.65. The van der Waals surface area contributed by atoms with E-state index >= 15 is 0 Å². The monoisotopic (exact) mass is 369 g/mol. The Kier molecular flexibility index (Phi) is 5.21. The first kappa shape index (κ1) is 18.6. The van der Waals surface area contributed by atoms with Gasteiger partial charge in [-0.15, -0.1) is 0 Å². The van der Waals surface area contributed by atoms with Crippen LogP contribution in [0.1, 0.15) is 13.8 Å². The molecule has 0 radical (unpaired) electrons. The number of para-hydroxylation sites is 2. The maximum absolute atomic E-state index is 13.8. The Morgan fingerprint density at radius 1 is 1.04 bits per heavy atom. The zero-order valence-corrected chi connectivity index (χ0v) is 15.1. The van der Waals surface area contributed by atoms with Crippen LogP contribution >= 0.6 is 0 Å². The van der Waals surface area contributed by atoms with Crippen LogP contribution in [0.2, 0.25) is 0 Å². The molecule has 6 nitrogen and oxygen atoms in total. The Bertz CT molecular complexity index is 1120. The molecule has 0 aliphatic rings. The van der Waals surface area contributed by atoms with Gasteiger partial charge in [0.15, 0.2) is 0 Å². The summed E-state index contributed by atoms with van der Waals surface area (Å²) in [6.07, 6.45) is 0. The second-order valence-electron chi connectivity index (χ2n) is 6.72. The van der Waals surface area contributed by atoms with E-state index in [0.717, 1.165) is 4.57 Å². The lowest BCUT2D eigenvalue weighted by Gasteiger charge is -2.15. The molecule has 0 spiro atoms. The summed E-state index contributed by atoms with van der Waals surface area (Å²) in [6, 6.07) is 12.4. The number of aromatic nitrogens is 2. The van der Waals surface area contributed by atoms with Crippen molar-refractivity contribution in [2.45, 2.75) is 26.9 Å². The maximum atomic E-state index is 13.8. The average molecular weight is 369 g/mol. The first-order valence-electron chi connectivity index (χ1n) is 8.65. The molecular formula is C20H20FN3O3. The highest BCUT2D eigenvalue weighted by atomic mass is 19.1. The lowest BCUT2D eigenvalue weighted by atomic mass is 10.2.